The Labute approximate surface area is 148 Å². The molecule has 136 valence electrons. The molecule has 4 heteroatoms. The van der Waals surface area contributed by atoms with Crippen molar-refractivity contribution in [2.75, 3.05) is 6.61 Å². The summed E-state index contributed by atoms with van der Waals surface area (Å²) in [5, 5.41) is 0. The van der Waals surface area contributed by atoms with Crippen molar-refractivity contribution in [2.45, 2.75) is 63.8 Å². The molecular weight excluding hydrogens is 322 g/mol. The van der Waals surface area contributed by atoms with Gasteiger partial charge in [-0.15, -0.1) is 0 Å². The third kappa shape index (κ3) is 3.39. The first-order valence-corrected chi connectivity index (χ1v) is 9.53. The van der Waals surface area contributed by atoms with Gasteiger partial charge in [0.25, 0.3) is 0 Å². The Kier molecular flexibility index (Phi) is 4.67. The minimum atomic E-state index is -0.508. The second kappa shape index (κ2) is 6.81. The number of hydrogen-bond acceptors (Lipinski definition) is 2. The van der Waals surface area contributed by atoms with Gasteiger partial charge in [-0.05, 0) is 68.2 Å². The molecule has 1 heterocycles. The van der Waals surface area contributed by atoms with Crippen LogP contribution in [0.15, 0.2) is 24.3 Å². The maximum atomic E-state index is 13.5. The van der Waals surface area contributed by atoms with Gasteiger partial charge in [0.2, 0.25) is 0 Å². The first-order chi connectivity index (χ1) is 12.1. The lowest BCUT2D eigenvalue weighted by Crippen LogP contribution is -2.46. The SMILES string of the molecule is CC1COC2(CCCCC2C2CC=C(c3cc(F)cc(F)c3)CC2)O1. The van der Waals surface area contributed by atoms with Crippen LogP contribution < -0.4 is 0 Å². The van der Waals surface area contributed by atoms with E-state index >= 15 is 0 Å². The van der Waals surface area contributed by atoms with E-state index in [1.165, 1.54) is 25.0 Å². The summed E-state index contributed by atoms with van der Waals surface area (Å²) >= 11 is 0. The zero-order chi connectivity index (χ0) is 17.4. The van der Waals surface area contributed by atoms with E-state index in [4.69, 9.17) is 9.47 Å². The van der Waals surface area contributed by atoms with Gasteiger partial charge in [-0.1, -0.05) is 12.5 Å². The average molecular weight is 348 g/mol. The number of hydrogen-bond donors (Lipinski definition) is 0. The number of allylic oxidation sites excluding steroid dienone is 2. The topological polar surface area (TPSA) is 18.5 Å². The van der Waals surface area contributed by atoms with Crippen molar-refractivity contribution in [1.29, 1.82) is 0 Å². The molecule has 0 bridgehead atoms. The average Bonchev–Trinajstić information content (AvgIpc) is 2.96. The number of benzene rings is 1. The van der Waals surface area contributed by atoms with E-state index < -0.39 is 17.4 Å². The molecule has 3 aliphatic rings. The van der Waals surface area contributed by atoms with Crippen LogP contribution in [0.3, 0.4) is 0 Å². The molecule has 1 spiro atoms. The molecule has 1 aliphatic heterocycles. The number of rotatable bonds is 2. The summed E-state index contributed by atoms with van der Waals surface area (Å²) in [7, 11) is 0. The fourth-order valence-corrected chi connectivity index (χ4v) is 4.95. The van der Waals surface area contributed by atoms with Gasteiger partial charge >= 0.3 is 0 Å². The smallest absolute Gasteiger partial charge is 0.171 e. The van der Waals surface area contributed by atoms with Crippen molar-refractivity contribution >= 4 is 5.57 Å². The van der Waals surface area contributed by atoms with Crippen molar-refractivity contribution in [3.8, 4) is 0 Å². The third-order valence-electron chi connectivity index (χ3n) is 6.07. The highest BCUT2D eigenvalue weighted by molar-refractivity contribution is 5.66. The van der Waals surface area contributed by atoms with Gasteiger partial charge in [0, 0.05) is 18.4 Å². The molecule has 0 N–H and O–H groups in total. The van der Waals surface area contributed by atoms with Gasteiger partial charge in [-0.3, -0.25) is 0 Å². The minimum Gasteiger partial charge on any atom is -0.347 e. The molecule has 1 saturated heterocycles. The predicted molar refractivity (Wildman–Crippen MR) is 92.9 cm³/mol. The Morgan fingerprint density at radius 2 is 1.88 bits per heavy atom. The third-order valence-corrected chi connectivity index (χ3v) is 6.07. The second-order valence-corrected chi connectivity index (χ2v) is 7.83. The molecular formula is C21H26F2O2. The Bertz CT molecular complexity index is 648. The fourth-order valence-electron chi connectivity index (χ4n) is 4.95. The zero-order valence-electron chi connectivity index (χ0n) is 14.8. The van der Waals surface area contributed by atoms with E-state index in [2.05, 4.69) is 13.0 Å². The van der Waals surface area contributed by atoms with Crippen LogP contribution in [-0.2, 0) is 9.47 Å². The monoisotopic (exact) mass is 348 g/mol. The highest BCUT2D eigenvalue weighted by atomic mass is 19.1. The Morgan fingerprint density at radius 3 is 2.52 bits per heavy atom. The van der Waals surface area contributed by atoms with Crippen LogP contribution in [0.25, 0.3) is 5.57 Å². The lowest BCUT2D eigenvalue weighted by Gasteiger charge is -2.44. The van der Waals surface area contributed by atoms with Crippen LogP contribution in [0.4, 0.5) is 8.78 Å². The summed E-state index contributed by atoms with van der Waals surface area (Å²) in [5.41, 5.74) is 1.73. The van der Waals surface area contributed by atoms with Gasteiger partial charge in [-0.2, -0.15) is 0 Å². The molecule has 4 atom stereocenters. The first kappa shape index (κ1) is 17.2. The highest BCUT2D eigenvalue weighted by Gasteiger charge is 2.50. The van der Waals surface area contributed by atoms with Crippen LogP contribution in [0.5, 0.6) is 0 Å². The minimum absolute atomic E-state index is 0.172. The maximum Gasteiger partial charge on any atom is 0.171 e. The van der Waals surface area contributed by atoms with Gasteiger partial charge in [0.05, 0.1) is 12.7 Å². The number of ether oxygens (including phenoxy) is 2. The van der Waals surface area contributed by atoms with E-state index in [0.29, 0.717) is 24.0 Å². The molecule has 2 fully saturated rings. The highest BCUT2D eigenvalue weighted by Crippen LogP contribution is 2.49. The predicted octanol–water partition coefficient (Wildman–Crippen LogP) is 5.47. The van der Waals surface area contributed by atoms with Crippen molar-refractivity contribution in [1.82, 2.24) is 0 Å². The molecule has 1 aromatic rings. The van der Waals surface area contributed by atoms with Crippen LogP contribution in [0, 0.1) is 23.5 Å². The van der Waals surface area contributed by atoms with Gasteiger partial charge < -0.3 is 9.47 Å². The molecule has 25 heavy (non-hydrogen) atoms. The molecule has 1 saturated carbocycles. The molecule has 2 nitrogen and oxygen atoms in total. The summed E-state index contributed by atoms with van der Waals surface area (Å²) in [6, 6.07) is 3.79. The Balaban J connectivity index is 1.51. The number of halogens is 2. The summed E-state index contributed by atoms with van der Waals surface area (Å²) in [5.74, 6) is -0.462. The molecule has 0 aromatic heterocycles. The quantitative estimate of drug-likeness (QED) is 0.705. The van der Waals surface area contributed by atoms with Crippen molar-refractivity contribution in [3.05, 3.63) is 41.5 Å². The lowest BCUT2D eigenvalue weighted by molar-refractivity contribution is -0.232. The Morgan fingerprint density at radius 1 is 1.08 bits per heavy atom. The van der Waals surface area contributed by atoms with E-state index in [0.717, 1.165) is 43.7 Å². The van der Waals surface area contributed by atoms with Crippen LogP contribution in [0.1, 0.15) is 57.4 Å². The largest absolute Gasteiger partial charge is 0.347 e. The van der Waals surface area contributed by atoms with Crippen molar-refractivity contribution < 1.29 is 18.3 Å². The molecule has 4 rings (SSSR count). The van der Waals surface area contributed by atoms with E-state index in [-0.39, 0.29) is 6.10 Å². The van der Waals surface area contributed by atoms with Gasteiger partial charge in [0.15, 0.2) is 5.79 Å². The standard InChI is InChI=1S/C21H26F2O2/c1-14-13-24-21(25-14)9-3-2-4-20(21)16-7-5-15(6-8-16)17-10-18(22)12-19(23)11-17/h5,10-12,14,16,20H,2-4,6-9,13H2,1H3. The zero-order valence-corrected chi connectivity index (χ0v) is 14.8. The van der Waals surface area contributed by atoms with E-state index in [1.807, 2.05) is 0 Å². The summed E-state index contributed by atoms with van der Waals surface area (Å²) in [6.07, 6.45) is 9.69. The lowest BCUT2D eigenvalue weighted by atomic mass is 9.70. The van der Waals surface area contributed by atoms with Crippen LogP contribution in [-0.4, -0.2) is 18.5 Å². The summed E-state index contributed by atoms with van der Waals surface area (Å²) in [4.78, 5) is 0. The van der Waals surface area contributed by atoms with Crippen LogP contribution in [0.2, 0.25) is 0 Å². The van der Waals surface area contributed by atoms with E-state index in [1.54, 1.807) is 0 Å². The molecule has 4 unspecified atom stereocenters. The Hall–Kier alpha value is -1.26. The fraction of sp³-hybridized carbons (Fsp3) is 0.619. The normalized spacial score (nSPS) is 35.8. The second-order valence-electron chi connectivity index (χ2n) is 7.83. The first-order valence-electron chi connectivity index (χ1n) is 9.53. The van der Waals surface area contributed by atoms with Gasteiger partial charge in [-0.25, -0.2) is 8.78 Å². The summed E-state index contributed by atoms with van der Waals surface area (Å²) in [6.45, 7) is 2.77. The molecule has 2 aliphatic carbocycles. The van der Waals surface area contributed by atoms with Crippen molar-refractivity contribution in [2.24, 2.45) is 11.8 Å². The summed E-state index contributed by atoms with van der Waals surface area (Å²) < 4.78 is 39.4. The van der Waals surface area contributed by atoms with Crippen molar-refractivity contribution in [3.63, 3.8) is 0 Å². The van der Waals surface area contributed by atoms with Crippen LogP contribution >= 0.6 is 0 Å². The molecule has 0 amide bonds. The van der Waals surface area contributed by atoms with E-state index in [9.17, 15) is 8.78 Å². The maximum absolute atomic E-state index is 13.5. The molecule has 1 aromatic carbocycles. The van der Waals surface area contributed by atoms with Gasteiger partial charge in [0.1, 0.15) is 11.6 Å². The molecule has 0 radical (unpaired) electrons.